The minimum Gasteiger partial charge on any atom is -0.351 e. The topological polar surface area (TPSA) is 44.9 Å². The Labute approximate surface area is 105 Å². The van der Waals surface area contributed by atoms with Crippen LogP contribution < -0.4 is 5.32 Å². The predicted octanol–water partition coefficient (Wildman–Crippen LogP) is 3.21. The molecular weight excluding hydrogens is 236 g/mol. The molecule has 4 heteroatoms. The molecule has 1 heterocycles. The van der Waals surface area contributed by atoms with Crippen LogP contribution in [0, 0.1) is 5.92 Å². The van der Waals surface area contributed by atoms with Gasteiger partial charge in [0.05, 0.1) is 0 Å². The molecule has 1 aromatic carbocycles. The highest BCUT2D eigenvalue weighted by atomic mass is 35.5. The first kappa shape index (κ1) is 12.0. The number of rotatable bonds is 3. The number of amides is 1. The standard InChI is InChI=1S/C13H15ClN2O/c1-8(2)7-15-13(17)12-6-9-10(14)4-3-5-11(9)16-12/h3-6,8,16H,7H2,1-2H3,(H,15,17). The molecule has 0 saturated carbocycles. The second-order valence-electron chi connectivity index (χ2n) is 4.49. The quantitative estimate of drug-likeness (QED) is 0.863. The second-order valence-corrected chi connectivity index (χ2v) is 4.90. The molecule has 0 aliphatic carbocycles. The summed E-state index contributed by atoms with van der Waals surface area (Å²) in [6, 6.07) is 7.36. The summed E-state index contributed by atoms with van der Waals surface area (Å²) < 4.78 is 0. The van der Waals surface area contributed by atoms with Gasteiger partial charge in [-0.25, -0.2) is 0 Å². The molecule has 2 rings (SSSR count). The van der Waals surface area contributed by atoms with Gasteiger partial charge in [-0.05, 0) is 24.1 Å². The van der Waals surface area contributed by atoms with Gasteiger partial charge in [-0.3, -0.25) is 4.79 Å². The lowest BCUT2D eigenvalue weighted by Crippen LogP contribution is -2.27. The Kier molecular flexibility index (Phi) is 3.38. The number of carbonyl (C=O) groups is 1. The summed E-state index contributed by atoms with van der Waals surface area (Å²) in [4.78, 5) is 14.9. The normalized spacial score (nSPS) is 11.1. The van der Waals surface area contributed by atoms with Gasteiger partial charge in [0.2, 0.25) is 0 Å². The third-order valence-corrected chi connectivity index (χ3v) is 2.86. The zero-order valence-corrected chi connectivity index (χ0v) is 10.6. The molecule has 3 nitrogen and oxygen atoms in total. The summed E-state index contributed by atoms with van der Waals surface area (Å²) in [5.74, 6) is 0.345. The van der Waals surface area contributed by atoms with E-state index in [1.54, 1.807) is 6.07 Å². The van der Waals surface area contributed by atoms with Crippen LogP contribution in [0.3, 0.4) is 0 Å². The molecule has 0 unspecified atom stereocenters. The second kappa shape index (κ2) is 4.80. The van der Waals surface area contributed by atoms with Gasteiger partial charge in [-0.2, -0.15) is 0 Å². The van der Waals surface area contributed by atoms with Crippen molar-refractivity contribution in [2.45, 2.75) is 13.8 Å². The highest BCUT2D eigenvalue weighted by Gasteiger charge is 2.10. The highest BCUT2D eigenvalue weighted by molar-refractivity contribution is 6.35. The van der Waals surface area contributed by atoms with Crippen LogP contribution in [-0.2, 0) is 0 Å². The van der Waals surface area contributed by atoms with E-state index >= 15 is 0 Å². The molecule has 1 aromatic heterocycles. The van der Waals surface area contributed by atoms with E-state index in [2.05, 4.69) is 24.1 Å². The first-order valence-corrected chi connectivity index (χ1v) is 6.01. The molecule has 0 aliphatic rings. The highest BCUT2D eigenvalue weighted by Crippen LogP contribution is 2.23. The van der Waals surface area contributed by atoms with E-state index in [9.17, 15) is 4.79 Å². The minimum atomic E-state index is -0.0917. The van der Waals surface area contributed by atoms with Gasteiger partial charge >= 0.3 is 0 Å². The molecule has 0 aliphatic heterocycles. The Balaban J connectivity index is 2.24. The Morgan fingerprint density at radius 2 is 2.24 bits per heavy atom. The van der Waals surface area contributed by atoms with Gasteiger partial charge in [0.25, 0.3) is 5.91 Å². The third kappa shape index (κ3) is 2.61. The van der Waals surface area contributed by atoms with Gasteiger partial charge in [0, 0.05) is 22.5 Å². The predicted molar refractivity (Wildman–Crippen MR) is 70.5 cm³/mol. The maximum atomic E-state index is 11.8. The van der Waals surface area contributed by atoms with Crippen LogP contribution in [-0.4, -0.2) is 17.4 Å². The van der Waals surface area contributed by atoms with Crippen molar-refractivity contribution in [3.63, 3.8) is 0 Å². The summed E-state index contributed by atoms with van der Waals surface area (Å²) >= 11 is 6.05. The van der Waals surface area contributed by atoms with Gasteiger partial charge in [-0.15, -0.1) is 0 Å². The van der Waals surface area contributed by atoms with Crippen molar-refractivity contribution in [1.29, 1.82) is 0 Å². The number of halogens is 1. The number of fused-ring (bicyclic) bond motifs is 1. The maximum Gasteiger partial charge on any atom is 0.267 e. The molecule has 0 fully saturated rings. The van der Waals surface area contributed by atoms with Crippen LogP contribution in [0.15, 0.2) is 24.3 Å². The lowest BCUT2D eigenvalue weighted by atomic mass is 10.2. The minimum absolute atomic E-state index is 0.0917. The van der Waals surface area contributed by atoms with Crippen molar-refractivity contribution in [3.8, 4) is 0 Å². The number of aromatic nitrogens is 1. The summed E-state index contributed by atoms with van der Waals surface area (Å²) in [5.41, 5.74) is 1.43. The van der Waals surface area contributed by atoms with Crippen molar-refractivity contribution in [2.75, 3.05) is 6.54 Å². The van der Waals surface area contributed by atoms with E-state index in [0.717, 1.165) is 10.9 Å². The number of carbonyl (C=O) groups excluding carboxylic acids is 1. The van der Waals surface area contributed by atoms with E-state index in [0.29, 0.717) is 23.2 Å². The van der Waals surface area contributed by atoms with Crippen LogP contribution in [0.25, 0.3) is 10.9 Å². The number of hydrogen-bond donors (Lipinski definition) is 2. The number of aromatic amines is 1. The molecule has 0 atom stereocenters. The Hall–Kier alpha value is -1.48. The summed E-state index contributed by atoms with van der Waals surface area (Å²) in [6.07, 6.45) is 0. The number of hydrogen-bond acceptors (Lipinski definition) is 1. The van der Waals surface area contributed by atoms with Crippen LogP contribution in [0.5, 0.6) is 0 Å². The number of nitrogens with one attached hydrogen (secondary N) is 2. The molecule has 0 bridgehead atoms. The Morgan fingerprint density at radius 1 is 1.47 bits per heavy atom. The van der Waals surface area contributed by atoms with Gasteiger partial charge < -0.3 is 10.3 Å². The van der Waals surface area contributed by atoms with Crippen LogP contribution in [0.1, 0.15) is 24.3 Å². The first-order valence-electron chi connectivity index (χ1n) is 5.63. The molecule has 2 N–H and O–H groups in total. The Bertz CT molecular complexity index is 545. The zero-order chi connectivity index (χ0) is 12.4. The van der Waals surface area contributed by atoms with Gasteiger partial charge in [0.15, 0.2) is 0 Å². The van der Waals surface area contributed by atoms with Crippen LogP contribution >= 0.6 is 11.6 Å². The van der Waals surface area contributed by atoms with Crippen molar-refractivity contribution < 1.29 is 4.79 Å². The van der Waals surface area contributed by atoms with E-state index < -0.39 is 0 Å². The number of H-pyrrole nitrogens is 1. The van der Waals surface area contributed by atoms with Crippen LogP contribution in [0.2, 0.25) is 5.02 Å². The first-order chi connectivity index (χ1) is 8.08. The Morgan fingerprint density at radius 3 is 2.88 bits per heavy atom. The summed E-state index contributed by atoms with van der Waals surface area (Å²) in [7, 11) is 0. The van der Waals surface area contributed by atoms with Crippen molar-refractivity contribution in [1.82, 2.24) is 10.3 Å². The van der Waals surface area contributed by atoms with Gasteiger partial charge in [-0.1, -0.05) is 31.5 Å². The molecule has 90 valence electrons. The van der Waals surface area contributed by atoms with Crippen molar-refractivity contribution in [3.05, 3.63) is 35.0 Å². The average Bonchev–Trinajstić information content (AvgIpc) is 2.71. The van der Waals surface area contributed by atoms with Crippen molar-refractivity contribution in [2.24, 2.45) is 5.92 Å². The molecule has 2 aromatic rings. The molecule has 1 amide bonds. The van der Waals surface area contributed by atoms with E-state index in [-0.39, 0.29) is 5.91 Å². The monoisotopic (exact) mass is 250 g/mol. The lowest BCUT2D eigenvalue weighted by Gasteiger charge is -2.05. The maximum absolute atomic E-state index is 11.8. The fraction of sp³-hybridized carbons (Fsp3) is 0.308. The molecule has 0 spiro atoms. The molecule has 17 heavy (non-hydrogen) atoms. The summed E-state index contributed by atoms with van der Waals surface area (Å²) in [6.45, 7) is 4.78. The lowest BCUT2D eigenvalue weighted by molar-refractivity contribution is 0.0945. The van der Waals surface area contributed by atoms with Crippen molar-refractivity contribution >= 4 is 28.4 Å². The third-order valence-electron chi connectivity index (χ3n) is 2.53. The van der Waals surface area contributed by atoms with E-state index in [1.165, 1.54) is 0 Å². The van der Waals surface area contributed by atoms with E-state index in [4.69, 9.17) is 11.6 Å². The largest absolute Gasteiger partial charge is 0.351 e. The van der Waals surface area contributed by atoms with Gasteiger partial charge in [0.1, 0.15) is 5.69 Å². The SMILES string of the molecule is CC(C)CNC(=O)c1cc2c(Cl)cccc2[nH]1. The average molecular weight is 251 g/mol. The summed E-state index contributed by atoms with van der Waals surface area (Å²) in [5, 5.41) is 4.40. The molecule has 0 saturated heterocycles. The smallest absolute Gasteiger partial charge is 0.267 e. The zero-order valence-electron chi connectivity index (χ0n) is 9.88. The van der Waals surface area contributed by atoms with Crippen LogP contribution in [0.4, 0.5) is 0 Å². The number of benzene rings is 1. The fourth-order valence-electron chi connectivity index (χ4n) is 1.63. The van der Waals surface area contributed by atoms with E-state index in [1.807, 2.05) is 18.2 Å². The molecule has 0 radical (unpaired) electrons. The fourth-order valence-corrected chi connectivity index (χ4v) is 1.86. The molecular formula is C13H15ClN2O.